The van der Waals surface area contributed by atoms with Gasteiger partial charge in [-0.15, -0.1) is 0 Å². The van der Waals surface area contributed by atoms with Crippen LogP contribution in [-0.4, -0.2) is 34.8 Å². The number of nitrogens with one attached hydrogen (secondary N) is 2. The smallest absolute Gasteiger partial charge is 0.313 e. The molecule has 0 saturated heterocycles. The molecule has 6 nitrogen and oxygen atoms in total. The maximum atomic E-state index is 12.5. The van der Waals surface area contributed by atoms with E-state index in [1.165, 1.54) is 0 Å². The lowest BCUT2D eigenvalue weighted by Gasteiger charge is -2.20. The van der Waals surface area contributed by atoms with Crippen molar-refractivity contribution in [2.24, 2.45) is 0 Å². The minimum atomic E-state index is -0.634. The van der Waals surface area contributed by atoms with Crippen molar-refractivity contribution in [2.45, 2.75) is 13.3 Å². The van der Waals surface area contributed by atoms with Gasteiger partial charge in [-0.25, -0.2) is 0 Å². The molecule has 0 radical (unpaired) electrons. The van der Waals surface area contributed by atoms with Gasteiger partial charge in [0.25, 0.3) is 0 Å². The number of rotatable bonds is 7. The summed E-state index contributed by atoms with van der Waals surface area (Å²) in [4.78, 5) is 30.4. The summed E-state index contributed by atoms with van der Waals surface area (Å²) in [5.41, 5.74) is 3.53. The topological polar surface area (TPSA) is 74.3 Å². The van der Waals surface area contributed by atoms with Crippen molar-refractivity contribution in [3.8, 4) is 0 Å². The highest BCUT2D eigenvalue weighted by Gasteiger charge is 2.20. The standard InChI is InChI=1S/C23H24N4O2/c1-2-27(17-14-18-12-15-24-16-13-18)23(29)22(28)26-21-10-8-20(9-11-21)25-19-6-4-3-5-7-19/h3-13,15-16,25H,2,14,17H2,1H3,(H,26,28). The van der Waals surface area contributed by atoms with Crippen LogP contribution in [-0.2, 0) is 16.0 Å². The summed E-state index contributed by atoms with van der Waals surface area (Å²) in [5, 5.41) is 5.95. The van der Waals surface area contributed by atoms with Gasteiger partial charge in [-0.1, -0.05) is 18.2 Å². The van der Waals surface area contributed by atoms with E-state index >= 15 is 0 Å². The van der Waals surface area contributed by atoms with Gasteiger partial charge >= 0.3 is 11.8 Å². The molecular formula is C23H24N4O2. The lowest BCUT2D eigenvalue weighted by molar-refractivity contribution is -0.143. The van der Waals surface area contributed by atoms with Crippen molar-refractivity contribution < 1.29 is 9.59 Å². The number of hydrogen-bond acceptors (Lipinski definition) is 4. The summed E-state index contributed by atoms with van der Waals surface area (Å²) in [6.45, 7) is 2.81. The van der Waals surface area contributed by atoms with E-state index in [0.717, 1.165) is 16.9 Å². The van der Waals surface area contributed by atoms with Crippen LogP contribution in [0.25, 0.3) is 0 Å². The molecule has 3 rings (SSSR count). The summed E-state index contributed by atoms with van der Waals surface area (Å²) in [7, 11) is 0. The predicted octanol–water partition coefficient (Wildman–Crippen LogP) is 3.85. The van der Waals surface area contributed by atoms with Crippen LogP contribution in [0.4, 0.5) is 17.1 Å². The number of aromatic nitrogens is 1. The molecule has 2 N–H and O–H groups in total. The molecule has 2 amide bonds. The van der Waals surface area contributed by atoms with Crippen molar-refractivity contribution >= 4 is 28.9 Å². The molecule has 2 aromatic carbocycles. The summed E-state index contributed by atoms with van der Waals surface area (Å²) in [6, 6.07) is 20.9. The molecule has 0 unspecified atom stereocenters. The molecule has 3 aromatic rings. The third-order valence-electron chi connectivity index (χ3n) is 4.49. The van der Waals surface area contributed by atoms with Gasteiger partial charge in [0.1, 0.15) is 0 Å². The number of carbonyl (C=O) groups is 2. The maximum absolute atomic E-state index is 12.5. The van der Waals surface area contributed by atoms with Gasteiger partial charge in [0.05, 0.1) is 0 Å². The number of para-hydroxylation sites is 1. The van der Waals surface area contributed by atoms with Crippen LogP contribution in [0.1, 0.15) is 12.5 Å². The van der Waals surface area contributed by atoms with E-state index in [1.54, 1.807) is 29.4 Å². The first-order chi connectivity index (χ1) is 14.2. The zero-order chi connectivity index (χ0) is 20.5. The van der Waals surface area contributed by atoms with Crippen molar-refractivity contribution in [3.63, 3.8) is 0 Å². The Bertz CT molecular complexity index is 928. The van der Waals surface area contributed by atoms with Crippen molar-refractivity contribution in [1.29, 1.82) is 0 Å². The van der Waals surface area contributed by atoms with Crippen molar-refractivity contribution in [3.05, 3.63) is 84.7 Å². The Labute approximate surface area is 170 Å². The summed E-state index contributed by atoms with van der Waals surface area (Å²) >= 11 is 0. The highest BCUT2D eigenvalue weighted by molar-refractivity contribution is 6.39. The highest BCUT2D eigenvalue weighted by atomic mass is 16.2. The number of likely N-dealkylation sites (N-methyl/N-ethyl adjacent to an activating group) is 1. The summed E-state index contributed by atoms with van der Waals surface area (Å²) < 4.78 is 0. The molecule has 29 heavy (non-hydrogen) atoms. The van der Waals surface area contributed by atoms with E-state index in [9.17, 15) is 9.59 Å². The lowest BCUT2D eigenvalue weighted by Crippen LogP contribution is -2.40. The Morgan fingerprint density at radius 1 is 0.862 bits per heavy atom. The third-order valence-corrected chi connectivity index (χ3v) is 4.49. The molecule has 148 valence electrons. The van der Waals surface area contributed by atoms with Crippen molar-refractivity contribution in [1.82, 2.24) is 9.88 Å². The van der Waals surface area contributed by atoms with E-state index in [4.69, 9.17) is 0 Å². The number of anilines is 3. The predicted molar refractivity (Wildman–Crippen MR) is 115 cm³/mol. The first-order valence-corrected chi connectivity index (χ1v) is 9.57. The largest absolute Gasteiger partial charge is 0.356 e. The molecule has 0 fully saturated rings. The Morgan fingerprint density at radius 2 is 1.48 bits per heavy atom. The number of hydrogen-bond donors (Lipinski definition) is 2. The first-order valence-electron chi connectivity index (χ1n) is 9.57. The average Bonchev–Trinajstić information content (AvgIpc) is 2.77. The minimum absolute atomic E-state index is 0.470. The molecule has 0 aliphatic carbocycles. The Morgan fingerprint density at radius 3 is 2.14 bits per heavy atom. The molecule has 0 bridgehead atoms. The quantitative estimate of drug-likeness (QED) is 0.603. The highest BCUT2D eigenvalue weighted by Crippen LogP contribution is 2.18. The van der Waals surface area contributed by atoms with Crippen LogP contribution in [0.3, 0.4) is 0 Å². The fourth-order valence-electron chi connectivity index (χ4n) is 2.87. The van der Waals surface area contributed by atoms with Crippen LogP contribution in [0, 0.1) is 0 Å². The number of nitrogens with zero attached hydrogens (tertiary/aromatic N) is 2. The fourth-order valence-corrected chi connectivity index (χ4v) is 2.87. The third kappa shape index (κ3) is 5.90. The van der Waals surface area contributed by atoms with E-state index in [1.807, 2.05) is 61.5 Å². The van der Waals surface area contributed by atoms with Crippen LogP contribution in [0.15, 0.2) is 79.1 Å². The number of amides is 2. The van der Waals surface area contributed by atoms with Gasteiger partial charge < -0.3 is 15.5 Å². The molecule has 0 aliphatic rings. The van der Waals surface area contributed by atoms with E-state index < -0.39 is 11.8 Å². The number of pyridine rings is 1. The van der Waals surface area contributed by atoms with Crippen LogP contribution >= 0.6 is 0 Å². The fraction of sp³-hybridized carbons (Fsp3) is 0.174. The first kappa shape index (κ1) is 20.1. The zero-order valence-electron chi connectivity index (χ0n) is 16.3. The zero-order valence-corrected chi connectivity index (χ0v) is 16.3. The maximum Gasteiger partial charge on any atom is 0.313 e. The Kier molecular flexibility index (Phi) is 6.95. The van der Waals surface area contributed by atoms with E-state index in [0.29, 0.717) is 25.2 Å². The molecule has 6 heteroatoms. The minimum Gasteiger partial charge on any atom is -0.356 e. The molecule has 0 atom stereocenters. The van der Waals surface area contributed by atoms with Crippen molar-refractivity contribution in [2.75, 3.05) is 23.7 Å². The molecule has 1 heterocycles. The van der Waals surface area contributed by atoms with E-state index in [2.05, 4.69) is 15.6 Å². The van der Waals surface area contributed by atoms with Gasteiger partial charge in [0, 0.05) is 42.5 Å². The molecule has 1 aromatic heterocycles. The summed E-state index contributed by atoms with van der Waals surface area (Å²) in [6.07, 6.45) is 4.11. The SMILES string of the molecule is CCN(CCc1ccncc1)C(=O)C(=O)Nc1ccc(Nc2ccccc2)cc1. The van der Waals surface area contributed by atoms with Gasteiger partial charge in [0.15, 0.2) is 0 Å². The van der Waals surface area contributed by atoms with Gasteiger partial charge in [-0.3, -0.25) is 14.6 Å². The average molecular weight is 388 g/mol. The van der Waals surface area contributed by atoms with Gasteiger partial charge in [-0.05, 0) is 67.4 Å². The molecule has 0 saturated carbocycles. The molecular weight excluding hydrogens is 364 g/mol. The van der Waals surface area contributed by atoms with E-state index in [-0.39, 0.29) is 0 Å². The van der Waals surface area contributed by atoms with Gasteiger partial charge in [-0.2, -0.15) is 0 Å². The Hall–Kier alpha value is -3.67. The second-order valence-electron chi connectivity index (χ2n) is 6.51. The lowest BCUT2D eigenvalue weighted by atomic mass is 10.2. The van der Waals surface area contributed by atoms with Crippen LogP contribution in [0.5, 0.6) is 0 Å². The number of carbonyl (C=O) groups excluding carboxylic acids is 2. The second kappa shape index (κ2) is 10.0. The second-order valence-corrected chi connectivity index (χ2v) is 6.51. The summed E-state index contributed by atoms with van der Waals surface area (Å²) in [5.74, 6) is -1.17. The normalized spacial score (nSPS) is 10.2. The molecule has 0 spiro atoms. The van der Waals surface area contributed by atoms with Crippen LogP contribution < -0.4 is 10.6 Å². The van der Waals surface area contributed by atoms with Crippen LogP contribution in [0.2, 0.25) is 0 Å². The molecule has 0 aliphatic heterocycles. The number of benzene rings is 2. The van der Waals surface area contributed by atoms with Gasteiger partial charge in [0.2, 0.25) is 0 Å². The Balaban J connectivity index is 1.54. The monoisotopic (exact) mass is 388 g/mol.